The highest BCUT2D eigenvalue weighted by atomic mass is 32.2. The predicted molar refractivity (Wildman–Crippen MR) is 75.6 cm³/mol. The number of aromatic nitrogens is 2. The van der Waals surface area contributed by atoms with E-state index >= 15 is 0 Å². The molecule has 96 valence electrons. The molecule has 1 saturated heterocycles. The van der Waals surface area contributed by atoms with Crippen molar-refractivity contribution in [3.63, 3.8) is 0 Å². The lowest BCUT2D eigenvalue weighted by Crippen LogP contribution is -2.27. The number of hydrogen-bond donors (Lipinski definition) is 0. The Hall–Kier alpha value is -1.43. The second-order valence-electron chi connectivity index (χ2n) is 3.84. The number of thioether (sulfide) groups is 1. The molecule has 3 rings (SSSR count). The minimum absolute atomic E-state index is 0.0548. The predicted octanol–water partition coefficient (Wildman–Crippen LogP) is 2.37. The lowest BCUT2D eigenvalue weighted by atomic mass is 10.3. The van der Waals surface area contributed by atoms with Crippen molar-refractivity contribution in [1.82, 2.24) is 10.2 Å². The highest BCUT2D eigenvalue weighted by molar-refractivity contribution is 8.02. The Bertz CT molecular complexity index is 631. The zero-order valence-corrected chi connectivity index (χ0v) is 12.1. The van der Waals surface area contributed by atoms with Crippen LogP contribution in [0.2, 0.25) is 0 Å². The van der Waals surface area contributed by atoms with Crippen LogP contribution in [0.5, 0.6) is 0 Å². The molecule has 1 unspecified atom stereocenters. The third-order valence-electron chi connectivity index (χ3n) is 2.75. The van der Waals surface area contributed by atoms with Crippen LogP contribution in [0.15, 0.2) is 21.3 Å². The standard InChI is InChI=1S/C11H8N4OS3/c12-5-7-2-4-17-10(7)15-3-1-8(9(15)16)19-11-14-13-6-18-11/h2,4,6,8H,1,3H2. The number of nitrogens with zero attached hydrogens (tertiary/aromatic N) is 4. The van der Waals surface area contributed by atoms with Crippen molar-refractivity contribution in [3.8, 4) is 6.07 Å². The third kappa shape index (κ3) is 2.36. The molecular weight excluding hydrogens is 300 g/mol. The van der Waals surface area contributed by atoms with Gasteiger partial charge in [-0.05, 0) is 17.9 Å². The maximum atomic E-state index is 12.4. The van der Waals surface area contributed by atoms with E-state index in [9.17, 15) is 4.79 Å². The summed E-state index contributed by atoms with van der Waals surface area (Å²) in [4.78, 5) is 14.1. The molecule has 1 fully saturated rings. The molecule has 5 nitrogen and oxygen atoms in total. The van der Waals surface area contributed by atoms with Gasteiger partial charge in [-0.25, -0.2) is 0 Å². The van der Waals surface area contributed by atoms with E-state index in [1.165, 1.54) is 34.4 Å². The number of carbonyl (C=O) groups is 1. The fourth-order valence-electron chi connectivity index (χ4n) is 1.90. The molecule has 1 aliphatic rings. The van der Waals surface area contributed by atoms with Crippen molar-refractivity contribution in [2.45, 2.75) is 16.0 Å². The number of amides is 1. The SMILES string of the molecule is N#Cc1ccsc1N1CCC(Sc2nncs2)C1=O. The Balaban J connectivity index is 1.77. The first-order chi connectivity index (χ1) is 9.29. The molecule has 0 N–H and O–H groups in total. The van der Waals surface area contributed by atoms with Crippen molar-refractivity contribution in [3.05, 3.63) is 22.5 Å². The number of anilines is 1. The molecule has 3 heterocycles. The van der Waals surface area contributed by atoms with Gasteiger partial charge in [0.25, 0.3) is 0 Å². The van der Waals surface area contributed by atoms with Crippen LogP contribution in [0.4, 0.5) is 5.00 Å². The summed E-state index contributed by atoms with van der Waals surface area (Å²) < 4.78 is 0.812. The van der Waals surface area contributed by atoms with E-state index in [1.54, 1.807) is 16.5 Å². The average Bonchev–Trinajstić information content (AvgIpc) is 3.12. The summed E-state index contributed by atoms with van der Waals surface area (Å²) in [7, 11) is 0. The topological polar surface area (TPSA) is 69.9 Å². The van der Waals surface area contributed by atoms with Crippen molar-refractivity contribution in [2.75, 3.05) is 11.4 Å². The highest BCUT2D eigenvalue weighted by Crippen LogP contribution is 2.36. The van der Waals surface area contributed by atoms with Gasteiger partial charge >= 0.3 is 0 Å². The van der Waals surface area contributed by atoms with Gasteiger partial charge in [-0.1, -0.05) is 23.1 Å². The number of rotatable bonds is 3. The minimum Gasteiger partial charge on any atom is -0.302 e. The fraction of sp³-hybridized carbons (Fsp3) is 0.273. The first kappa shape index (κ1) is 12.6. The molecule has 1 aliphatic heterocycles. The van der Waals surface area contributed by atoms with Crippen LogP contribution >= 0.6 is 34.4 Å². The molecule has 1 atom stereocenters. The van der Waals surface area contributed by atoms with E-state index < -0.39 is 0 Å². The Morgan fingerprint density at radius 1 is 1.53 bits per heavy atom. The van der Waals surface area contributed by atoms with Gasteiger partial charge in [0, 0.05) is 6.54 Å². The molecule has 0 saturated carbocycles. The second kappa shape index (κ2) is 5.28. The third-order valence-corrected chi connectivity index (χ3v) is 5.75. The number of nitriles is 1. The van der Waals surface area contributed by atoms with Crippen LogP contribution in [0.25, 0.3) is 0 Å². The maximum Gasteiger partial charge on any atom is 0.241 e. The van der Waals surface area contributed by atoms with E-state index in [0.717, 1.165) is 15.8 Å². The molecule has 0 radical (unpaired) electrons. The summed E-state index contributed by atoms with van der Waals surface area (Å²) in [6.45, 7) is 0.657. The van der Waals surface area contributed by atoms with E-state index in [2.05, 4.69) is 16.3 Å². The number of carbonyl (C=O) groups excluding carboxylic acids is 1. The van der Waals surface area contributed by atoms with Gasteiger partial charge in [0.2, 0.25) is 5.91 Å². The summed E-state index contributed by atoms with van der Waals surface area (Å²) in [6, 6.07) is 3.87. The monoisotopic (exact) mass is 308 g/mol. The lowest BCUT2D eigenvalue weighted by Gasteiger charge is -2.14. The Labute approximate surface area is 121 Å². The van der Waals surface area contributed by atoms with Crippen molar-refractivity contribution in [1.29, 1.82) is 5.26 Å². The van der Waals surface area contributed by atoms with Crippen LogP contribution in [0, 0.1) is 11.3 Å². The smallest absolute Gasteiger partial charge is 0.241 e. The van der Waals surface area contributed by atoms with E-state index in [4.69, 9.17) is 5.26 Å². The molecule has 8 heteroatoms. The average molecular weight is 308 g/mol. The van der Waals surface area contributed by atoms with Crippen LogP contribution in [-0.4, -0.2) is 27.9 Å². The van der Waals surface area contributed by atoms with E-state index in [-0.39, 0.29) is 11.2 Å². The molecule has 2 aromatic rings. The van der Waals surface area contributed by atoms with Crippen molar-refractivity contribution in [2.24, 2.45) is 0 Å². The zero-order chi connectivity index (χ0) is 13.2. The Kier molecular flexibility index (Phi) is 3.50. The number of thiophene rings is 1. The van der Waals surface area contributed by atoms with Gasteiger partial charge in [-0.2, -0.15) is 5.26 Å². The quantitative estimate of drug-likeness (QED) is 0.870. The summed E-state index contributed by atoms with van der Waals surface area (Å²) in [5.41, 5.74) is 2.23. The van der Waals surface area contributed by atoms with Gasteiger partial charge in [0.1, 0.15) is 16.6 Å². The maximum absolute atomic E-state index is 12.4. The zero-order valence-electron chi connectivity index (χ0n) is 9.65. The summed E-state index contributed by atoms with van der Waals surface area (Å²) >= 11 is 4.33. The van der Waals surface area contributed by atoms with Crippen molar-refractivity contribution < 1.29 is 4.79 Å². The van der Waals surface area contributed by atoms with Crippen molar-refractivity contribution >= 4 is 45.3 Å². The summed E-state index contributed by atoms with van der Waals surface area (Å²) in [5.74, 6) is 0.0548. The molecule has 0 aliphatic carbocycles. The molecule has 2 aromatic heterocycles. The Morgan fingerprint density at radius 2 is 2.42 bits per heavy atom. The lowest BCUT2D eigenvalue weighted by molar-refractivity contribution is -0.116. The van der Waals surface area contributed by atoms with Crippen LogP contribution in [0.1, 0.15) is 12.0 Å². The normalized spacial score (nSPS) is 18.8. The second-order valence-corrected chi connectivity index (χ2v) is 7.02. The molecule has 0 aromatic carbocycles. The van der Waals surface area contributed by atoms with Crippen LogP contribution in [0.3, 0.4) is 0 Å². The van der Waals surface area contributed by atoms with E-state index in [0.29, 0.717) is 12.1 Å². The molecular formula is C11H8N4OS3. The molecule has 0 spiro atoms. The minimum atomic E-state index is -0.124. The first-order valence-corrected chi connectivity index (χ1v) is 8.15. The highest BCUT2D eigenvalue weighted by Gasteiger charge is 2.35. The van der Waals surface area contributed by atoms with Gasteiger partial charge in [0.05, 0.1) is 10.8 Å². The Morgan fingerprint density at radius 3 is 3.16 bits per heavy atom. The van der Waals surface area contributed by atoms with Crippen LogP contribution < -0.4 is 4.90 Å². The van der Waals surface area contributed by atoms with Gasteiger partial charge in [-0.15, -0.1) is 21.5 Å². The van der Waals surface area contributed by atoms with Crippen LogP contribution in [-0.2, 0) is 4.79 Å². The molecule has 1 amide bonds. The van der Waals surface area contributed by atoms with Gasteiger partial charge in [-0.3, -0.25) is 4.79 Å². The molecule has 19 heavy (non-hydrogen) atoms. The molecule has 0 bridgehead atoms. The largest absolute Gasteiger partial charge is 0.302 e. The number of hydrogen-bond acceptors (Lipinski definition) is 7. The first-order valence-electron chi connectivity index (χ1n) is 5.51. The summed E-state index contributed by atoms with van der Waals surface area (Å²) in [5, 5.41) is 19.2. The van der Waals surface area contributed by atoms with Gasteiger partial charge < -0.3 is 4.90 Å². The summed E-state index contributed by atoms with van der Waals surface area (Å²) in [6.07, 6.45) is 0.770. The van der Waals surface area contributed by atoms with E-state index in [1.807, 2.05) is 5.38 Å². The fourth-order valence-corrected chi connectivity index (χ4v) is 4.55. The van der Waals surface area contributed by atoms with Gasteiger partial charge in [0.15, 0.2) is 4.34 Å².